The molecular weight excluding hydrogens is 230 g/mol. The molecule has 0 aliphatic heterocycles. The van der Waals surface area contributed by atoms with Gasteiger partial charge in [0.25, 0.3) is 5.91 Å². The second-order valence-electron chi connectivity index (χ2n) is 4.01. The van der Waals surface area contributed by atoms with Crippen molar-refractivity contribution in [1.29, 1.82) is 0 Å². The second-order valence-corrected chi connectivity index (χ2v) is 4.01. The summed E-state index contributed by atoms with van der Waals surface area (Å²) < 4.78 is 25.9. The van der Waals surface area contributed by atoms with Crippen molar-refractivity contribution in [3.63, 3.8) is 0 Å². The fraction of sp³-hybridized carbons (Fsp3) is 0.364. The predicted molar refractivity (Wildman–Crippen MR) is 56.9 cm³/mol. The number of hydroxylamine groups is 1. The van der Waals surface area contributed by atoms with Gasteiger partial charge in [-0.2, -0.15) is 0 Å². The SMILES string of the molecule is Nc1c(C(=O)NOCC2CC2)ccc(F)c1F. The van der Waals surface area contributed by atoms with Crippen LogP contribution < -0.4 is 11.2 Å². The number of nitrogens with one attached hydrogen (secondary N) is 1. The van der Waals surface area contributed by atoms with E-state index < -0.39 is 23.2 Å². The largest absolute Gasteiger partial charge is 0.396 e. The number of anilines is 1. The van der Waals surface area contributed by atoms with Crippen LogP contribution in [0.1, 0.15) is 23.2 Å². The number of rotatable bonds is 4. The van der Waals surface area contributed by atoms with Crippen molar-refractivity contribution in [3.05, 3.63) is 29.3 Å². The summed E-state index contributed by atoms with van der Waals surface area (Å²) in [6.07, 6.45) is 2.17. The van der Waals surface area contributed by atoms with Gasteiger partial charge in [-0.05, 0) is 30.9 Å². The third kappa shape index (κ3) is 2.71. The smallest absolute Gasteiger partial charge is 0.277 e. The number of carbonyl (C=O) groups is 1. The Morgan fingerprint density at radius 2 is 2.18 bits per heavy atom. The standard InChI is InChI=1S/C11H12F2N2O2/c12-8-4-3-7(10(14)9(8)13)11(16)15-17-5-6-1-2-6/h3-4,6H,1-2,5,14H2,(H,15,16). The van der Waals surface area contributed by atoms with Gasteiger partial charge in [-0.15, -0.1) is 0 Å². The molecule has 0 heterocycles. The lowest BCUT2D eigenvalue weighted by Crippen LogP contribution is -2.26. The molecule has 0 saturated heterocycles. The zero-order chi connectivity index (χ0) is 12.4. The van der Waals surface area contributed by atoms with Crippen molar-refractivity contribution in [3.8, 4) is 0 Å². The summed E-state index contributed by atoms with van der Waals surface area (Å²) in [6.45, 7) is 0.426. The highest BCUT2D eigenvalue weighted by Gasteiger charge is 2.22. The van der Waals surface area contributed by atoms with Crippen LogP contribution in [0.2, 0.25) is 0 Å². The minimum Gasteiger partial charge on any atom is -0.396 e. The molecule has 1 saturated carbocycles. The van der Waals surface area contributed by atoms with Gasteiger partial charge in [0.2, 0.25) is 0 Å². The van der Waals surface area contributed by atoms with E-state index in [9.17, 15) is 13.6 Å². The molecule has 3 N–H and O–H groups in total. The van der Waals surface area contributed by atoms with E-state index in [0.29, 0.717) is 12.5 Å². The van der Waals surface area contributed by atoms with Gasteiger partial charge in [-0.3, -0.25) is 9.63 Å². The summed E-state index contributed by atoms with van der Waals surface area (Å²) in [5.41, 5.74) is 6.79. The first-order valence-corrected chi connectivity index (χ1v) is 5.25. The van der Waals surface area contributed by atoms with Gasteiger partial charge in [0.05, 0.1) is 17.9 Å². The molecule has 1 aromatic carbocycles. The molecule has 0 spiro atoms. The van der Waals surface area contributed by atoms with E-state index in [1.807, 2.05) is 0 Å². The maximum atomic E-state index is 13.1. The molecule has 0 bridgehead atoms. The highest BCUT2D eigenvalue weighted by molar-refractivity contribution is 5.98. The monoisotopic (exact) mass is 242 g/mol. The maximum Gasteiger partial charge on any atom is 0.277 e. The van der Waals surface area contributed by atoms with Crippen LogP contribution >= 0.6 is 0 Å². The average molecular weight is 242 g/mol. The number of hydrogen-bond donors (Lipinski definition) is 2. The van der Waals surface area contributed by atoms with Crippen LogP contribution in [0.25, 0.3) is 0 Å². The van der Waals surface area contributed by atoms with E-state index in [1.165, 1.54) is 0 Å². The van der Waals surface area contributed by atoms with Crippen molar-refractivity contribution in [1.82, 2.24) is 5.48 Å². The normalized spacial score (nSPS) is 14.7. The lowest BCUT2D eigenvalue weighted by molar-refractivity contribution is 0.0270. The summed E-state index contributed by atoms with van der Waals surface area (Å²) in [6, 6.07) is 1.96. The Hall–Kier alpha value is -1.69. The van der Waals surface area contributed by atoms with Gasteiger partial charge in [0.15, 0.2) is 11.6 Å². The summed E-state index contributed by atoms with van der Waals surface area (Å²) >= 11 is 0. The van der Waals surface area contributed by atoms with Crippen LogP contribution in [0.15, 0.2) is 12.1 Å². The molecule has 6 heteroatoms. The van der Waals surface area contributed by atoms with Crippen LogP contribution in [-0.2, 0) is 4.84 Å². The van der Waals surface area contributed by atoms with Crippen LogP contribution in [-0.4, -0.2) is 12.5 Å². The number of nitrogens with two attached hydrogens (primary N) is 1. The third-order valence-corrected chi connectivity index (χ3v) is 2.56. The van der Waals surface area contributed by atoms with E-state index in [-0.39, 0.29) is 5.56 Å². The summed E-state index contributed by atoms with van der Waals surface area (Å²) in [7, 11) is 0. The fourth-order valence-electron chi connectivity index (χ4n) is 1.33. The van der Waals surface area contributed by atoms with Gasteiger partial charge in [-0.25, -0.2) is 14.3 Å². The predicted octanol–water partition coefficient (Wildman–Crippen LogP) is 1.62. The van der Waals surface area contributed by atoms with Crippen molar-refractivity contribution in [2.45, 2.75) is 12.8 Å². The Morgan fingerprint density at radius 3 is 2.82 bits per heavy atom. The Morgan fingerprint density at radius 1 is 1.47 bits per heavy atom. The molecule has 2 rings (SSSR count). The molecule has 0 radical (unpaired) electrons. The van der Waals surface area contributed by atoms with E-state index >= 15 is 0 Å². The lowest BCUT2D eigenvalue weighted by Gasteiger charge is -2.08. The average Bonchev–Trinajstić information content (AvgIpc) is 3.10. The Labute approximate surface area is 96.7 Å². The Bertz CT molecular complexity index is 447. The van der Waals surface area contributed by atoms with Crippen LogP contribution in [0.3, 0.4) is 0 Å². The molecule has 4 nitrogen and oxygen atoms in total. The molecule has 0 atom stereocenters. The molecule has 1 aromatic rings. The van der Waals surface area contributed by atoms with E-state index in [4.69, 9.17) is 10.6 Å². The first-order chi connectivity index (χ1) is 8.09. The van der Waals surface area contributed by atoms with Gasteiger partial charge >= 0.3 is 0 Å². The summed E-state index contributed by atoms with van der Waals surface area (Å²) in [4.78, 5) is 16.5. The van der Waals surface area contributed by atoms with E-state index in [0.717, 1.165) is 25.0 Å². The van der Waals surface area contributed by atoms with Crippen LogP contribution in [0.4, 0.5) is 14.5 Å². The first-order valence-electron chi connectivity index (χ1n) is 5.25. The van der Waals surface area contributed by atoms with Crippen molar-refractivity contribution in [2.75, 3.05) is 12.3 Å². The van der Waals surface area contributed by atoms with Crippen molar-refractivity contribution >= 4 is 11.6 Å². The van der Waals surface area contributed by atoms with E-state index in [2.05, 4.69) is 5.48 Å². The first kappa shape index (κ1) is 11.8. The molecular formula is C11H12F2N2O2. The quantitative estimate of drug-likeness (QED) is 0.623. The number of hydrogen-bond acceptors (Lipinski definition) is 3. The number of benzene rings is 1. The number of carbonyl (C=O) groups excluding carboxylic acids is 1. The van der Waals surface area contributed by atoms with Crippen molar-refractivity contribution in [2.24, 2.45) is 5.92 Å². The zero-order valence-corrected chi connectivity index (χ0v) is 9.00. The summed E-state index contributed by atoms with van der Waals surface area (Å²) in [5.74, 6) is -2.50. The fourth-order valence-corrected chi connectivity index (χ4v) is 1.33. The number of nitrogen functional groups attached to an aromatic ring is 1. The highest BCUT2D eigenvalue weighted by atomic mass is 19.2. The van der Waals surface area contributed by atoms with Gasteiger partial charge in [0, 0.05) is 0 Å². The highest BCUT2D eigenvalue weighted by Crippen LogP contribution is 2.28. The molecule has 1 aliphatic rings. The minimum absolute atomic E-state index is 0.139. The zero-order valence-electron chi connectivity index (χ0n) is 9.00. The van der Waals surface area contributed by atoms with Gasteiger partial charge < -0.3 is 5.73 Å². The van der Waals surface area contributed by atoms with E-state index in [1.54, 1.807) is 0 Å². The molecule has 92 valence electrons. The Kier molecular flexibility index (Phi) is 3.23. The topological polar surface area (TPSA) is 64.4 Å². The Balaban J connectivity index is 2.00. The lowest BCUT2D eigenvalue weighted by atomic mass is 10.1. The molecule has 17 heavy (non-hydrogen) atoms. The molecule has 1 amide bonds. The van der Waals surface area contributed by atoms with Crippen molar-refractivity contribution < 1.29 is 18.4 Å². The molecule has 0 aromatic heterocycles. The minimum atomic E-state index is -1.22. The second kappa shape index (κ2) is 4.67. The number of amides is 1. The summed E-state index contributed by atoms with van der Waals surface area (Å²) in [5, 5.41) is 0. The maximum absolute atomic E-state index is 13.1. The van der Waals surface area contributed by atoms with Crippen LogP contribution in [0, 0.1) is 17.6 Å². The van der Waals surface area contributed by atoms with Gasteiger partial charge in [0.1, 0.15) is 0 Å². The van der Waals surface area contributed by atoms with Crippen LogP contribution in [0.5, 0.6) is 0 Å². The number of halogens is 2. The molecule has 0 unspecified atom stereocenters. The molecule has 1 fully saturated rings. The molecule has 1 aliphatic carbocycles. The third-order valence-electron chi connectivity index (χ3n) is 2.56. The van der Waals surface area contributed by atoms with Gasteiger partial charge in [-0.1, -0.05) is 0 Å².